The maximum absolute atomic E-state index is 5.88. The van der Waals surface area contributed by atoms with Gasteiger partial charge in [0.15, 0.2) is 0 Å². The lowest BCUT2D eigenvalue weighted by atomic mass is 9.81. The van der Waals surface area contributed by atoms with Crippen LogP contribution in [0.5, 0.6) is 0 Å². The Morgan fingerprint density at radius 1 is 1.00 bits per heavy atom. The highest BCUT2D eigenvalue weighted by atomic mass is 16.7. The van der Waals surface area contributed by atoms with E-state index in [4.69, 9.17) is 18.8 Å². The van der Waals surface area contributed by atoms with Gasteiger partial charge in [0, 0.05) is 0 Å². The molecule has 0 bridgehead atoms. The summed E-state index contributed by atoms with van der Waals surface area (Å²) in [5.41, 5.74) is -0.586. The third-order valence-electron chi connectivity index (χ3n) is 3.42. The first-order valence-electron chi connectivity index (χ1n) is 5.47. The highest BCUT2D eigenvalue weighted by Gasteiger charge is 2.54. The summed E-state index contributed by atoms with van der Waals surface area (Å²) < 4.78 is 22.7. The molecule has 0 amide bonds. The molecule has 0 saturated carbocycles. The Morgan fingerprint density at radius 2 is 1.60 bits per heavy atom. The highest BCUT2D eigenvalue weighted by molar-refractivity contribution is 6.47. The largest absolute Gasteiger partial charge is 0.491 e. The second kappa shape index (κ2) is 3.73. The van der Waals surface area contributed by atoms with Crippen LogP contribution < -0.4 is 0 Å². The maximum atomic E-state index is 5.88. The van der Waals surface area contributed by atoms with E-state index in [1.807, 2.05) is 27.7 Å². The Labute approximate surface area is 91.4 Å². The summed E-state index contributed by atoms with van der Waals surface area (Å²) in [6, 6.07) is -0.0974. The molecule has 4 nitrogen and oxygen atoms in total. The van der Waals surface area contributed by atoms with Crippen molar-refractivity contribution >= 4 is 7.12 Å². The molecule has 5 heteroatoms. The van der Waals surface area contributed by atoms with Crippen LogP contribution in [-0.4, -0.2) is 44.1 Å². The molecular weight excluding hydrogens is 195 g/mol. The fourth-order valence-electron chi connectivity index (χ4n) is 1.70. The van der Waals surface area contributed by atoms with E-state index in [0.29, 0.717) is 19.8 Å². The summed E-state index contributed by atoms with van der Waals surface area (Å²) in [4.78, 5) is 0. The quantitative estimate of drug-likeness (QED) is 0.611. The van der Waals surface area contributed by atoms with Crippen molar-refractivity contribution in [3.8, 4) is 0 Å². The Morgan fingerprint density at radius 3 is 2.07 bits per heavy atom. The zero-order valence-corrected chi connectivity index (χ0v) is 9.91. The van der Waals surface area contributed by atoms with Gasteiger partial charge in [-0.3, -0.25) is 0 Å². The van der Waals surface area contributed by atoms with E-state index in [0.717, 1.165) is 0 Å². The van der Waals surface area contributed by atoms with Gasteiger partial charge in [-0.15, -0.1) is 0 Å². The summed E-state index contributed by atoms with van der Waals surface area (Å²) in [5.74, 6) is 0. The number of hydrogen-bond donors (Lipinski definition) is 0. The van der Waals surface area contributed by atoms with Crippen molar-refractivity contribution in [2.45, 2.75) is 44.9 Å². The fraction of sp³-hybridized carbons (Fsp3) is 1.00. The molecule has 2 rings (SSSR count). The molecule has 2 fully saturated rings. The van der Waals surface area contributed by atoms with E-state index in [1.165, 1.54) is 0 Å². The first-order chi connectivity index (χ1) is 6.92. The van der Waals surface area contributed by atoms with E-state index in [9.17, 15) is 0 Å². The van der Waals surface area contributed by atoms with Gasteiger partial charge in [0.05, 0.1) is 31.0 Å². The lowest BCUT2D eigenvalue weighted by Gasteiger charge is -2.32. The van der Waals surface area contributed by atoms with Crippen molar-refractivity contribution in [1.29, 1.82) is 0 Å². The Balaban J connectivity index is 2.02. The summed E-state index contributed by atoms with van der Waals surface area (Å²) in [6.07, 6.45) is 0. The van der Waals surface area contributed by atoms with Crippen molar-refractivity contribution in [1.82, 2.24) is 0 Å². The van der Waals surface area contributed by atoms with Crippen LogP contribution in [0.25, 0.3) is 0 Å². The zero-order valence-electron chi connectivity index (χ0n) is 9.91. The van der Waals surface area contributed by atoms with Crippen LogP contribution in [0.15, 0.2) is 0 Å². The second-order valence-corrected chi connectivity index (χ2v) is 5.11. The van der Waals surface area contributed by atoms with Gasteiger partial charge in [0.25, 0.3) is 0 Å². The van der Waals surface area contributed by atoms with Crippen LogP contribution in [0.1, 0.15) is 27.7 Å². The summed E-state index contributed by atoms with van der Waals surface area (Å²) in [5, 5.41) is 0. The van der Waals surface area contributed by atoms with Gasteiger partial charge < -0.3 is 18.8 Å². The van der Waals surface area contributed by atoms with Crippen molar-refractivity contribution in [2.75, 3.05) is 19.8 Å². The van der Waals surface area contributed by atoms with Crippen LogP contribution >= 0.6 is 0 Å². The molecule has 0 N–H and O–H groups in total. The van der Waals surface area contributed by atoms with E-state index < -0.39 is 0 Å². The molecule has 0 aromatic rings. The number of hydrogen-bond acceptors (Lipinski definition) is 4. The number of ether oxygens (including phenoxy) is 2. The minimum Gasteiger partial charge on any atom is -0.401 e. The molecule has 2 aliphatic heterocycles. The standard InChI is InChI=1S/C10H19BO4/c1-9(2)10(3,4)15-11(14-9)8-7-12-5-6-13-8/h8H,5-7H2,1-4H3. The Bertz CT molecular complexity index is 220. The smallest absolute Gasteiger partial charge is 0.401 e. The van der Waals surface area contributed by atoms with Gasteiger partial charge in [-0.1, -0.05) is 0 Å². The predicted molar refractivity (Wildman–Crippen MR) is 56.6 cm³/mol. The van der Waals surface area contributed by atoms with Crippen LogP contribution in [0.4, 0.5) is 0 Å². The van der Waals surface area contributed by atoms with Crippen LogP contribution in [-0.2, 0) is 18.8 Å². The Kier molecular flexibility index (Phi) is 2.84. The van der Waals surface area contributed by atoms with Gasteiger partial charge >= 0.3 is 7.12 Å². The second-order valence-electron chi connectivity index (χ2n) is 5.11. The summed E-state index contributed by atoms with van der Waals surface area (Å²) >= 11 is 0. The van der Waals surface area contributed by atoms with Crippen molar-refractivity contribution in [2.24, 2.45) is 0 Å². The molecular formula is C10H19BO4. The molecule has 1 unspecified atom stereocenters. The minimum atomic E-state index is -0.310. The third-order valence-corrected chi connectivity index (χ3v) is 3.42. The Hall–Kier alpha value is -0.0951. The molecule has 15 heavy (non-hydrogen) atoms. The van der Waals surface area contributed by atoms with Gasteiger partial charge in [-0.05, 0) is 27.7 Å². The summed E-state index contributed by atoms with van der Waals surface area (Å²) in [6.45, 7) is 9.99. The van der Waals surface area contributed by atoms with E-state index in [2.05, 4.69) is 0 Å². The van der Waals surface area contributed by atoms with Gasteiger partial charge in [0.2, 0.25) is 0 Å². The molecule has 0 spiro atoms. The molecule has 2 aliphatic rings. The molecule has 86 valence electrons. The fourth-order valence-corrected chi connectivity index (χ4v) is 1.70. The van der Waals surface area contributed by atoms with Gasteiger partial charge in [0.1, 0.15) is 6.00 Å². The lowest BCUT2D eigenvalue weighted by molar-refractivity contribution is -0.0679. The summed E-state index contributed by atoms with van der Waals surface area (Å²) in [7, 11) is -0.310. The molecule has 2 heterocycles. The molecule has 0 aromatic carbocycles. The zero-order chi connectivity index (χ0) is 11.1. The van der Waals surface area contributed by atoms with Crippen molar-refractivity contribution < 1.29 is 18.8 Å². The molecule has 1 atom stereocenters. The van der Waals surface area contributed by atoms with Crippen LogP contribution in [0.3, 0.4) is 0 Å². The highest BCUT2D eigenvalue weighted by Crippen LogP contribution is 2.38. The monoisotopic (exact) mass is 214 g/mol. The van der Waals surface area contributed by atoms with Crippen molar-refractivity contribution in [3.05, 3.63) is 0 Å². The van der Waals surface area contributed by atoms with Crippen LogP contribution in [0, 0.1) is 0 Å². The average Bonchev–Trinajstić information content (AvgIpc) is 2.38. The normalized spacial score (nSPS) is 34.4. The maximum Gasteiger partial charge on any atom is 0.491 e. The SMILES string of the molecule is CC1(C)OB(C2COCCO2)OC1(C)C. The van der Waals surface area contributed by atoms with E-state index >= 15 is 0 Å². The van der Waals surface area contributed by atoms with E-state index in [1.54, 1.807) is 0 Å². The van der Waals surface area contributed by atoms with Gasteiger partial charge in [-0.2, -0.15) is 0 Å². The topological polar surface area (TPSA) is 36.9 Å². The molecule has 0 aromatic heterocycles. The van der Waals surface area contributed by atoms with E-state index in [-0.39, 0.29) is 24.3 Å². The molecule has 2 saturated heterocycles. The first-order valence-corrected chi connectivity index (χ1v) is 5.47. The minimum absolute atomic E-state index is 0.0974. The third kappa shape index (κ3) is 2.06. The lowest BCUT2D eigenvalue weighted by Crippen LogP contribution is -2.43. The van der Waals surface area contributed by atoms with Crippen LogP contribution in [0.2, 0.25) is 0 Å². The average molecular weight is 214 g/mol. The molecule has 0 radical (unpaired) electrons. The van der Waals surface area contributed by atoms with Gasteiger partial charge in [-0.25, -0.2) is 0 Å². The number of rotatable bonds is 1. The predicted octanol–water partition coefficient (Wildman–Crippen LogP) is 1.03. The first kappa shape index (κ1) is 11.4. The molecule has 0 aliphatic carbocycles. The van der Waals surface area contributed by atoms with Crippen molar-refractivity contribution in [3.63, 3.8) is 0 Å².